The molecule has 0 atom stereocenters. The third-order valence-electron chi connectivity index (χ3n) is 2.74. The van der Waals surface area contributed by atoms with Gasteiger partial charge in [0.1, 0.15) is 11.6 Å². The van der Waals surface area contributed by atoms with Crippen molar-refractivity contribution in [2.45, 2.75) is 13.3 Å². The highest BCUT2D eigenvalue weighted by molar-refractivity contribution is 5.49. The predicted octanol–water partition coefficient (Wildman–Crippen LogP) is 2.77. The van der Waals surface area contributed by atoms with Crippen LogP contribution < -0.4 is 11.1 Å². The summed E-state index contributed by atoms with van der Waals surface area (Å²) < 4.78 is 13.0. The monoisotopic (exact) mass is 245 g/mol. The van der Waals surface area contributed by atoms with Gasteiger partial charge in [0.05, 0.1) is 11.4 Å². The van der Waals surface area contributed by atoms with Gasteiger partial charge in [0, 0.05) is 6.54 Å². The molecular formula is C14H16FN3. The van der Waals surface area contributed by atoms with E-state index in [4.69, 9.17) is 5.73 Å². The number of hydrogen-bond donors (Lipinski definition) is 2. The van der Waals surface area contributed by atoms with E-state index in [0.29, 0.717) is 12.2 Å². The van der Waals surface area contributed by atoms with E-state index in [2.05, 4.69) is 10.3 Å². The topological polar surface area (TPSA) is 50.9 Å². The highest BCUT2D eigenvalue weighted by Crippen LogP contribution is 2.12. The molecule has 0 unspecified atom stereocenters. The second-order valence-corrected chi connectivity index (χ2v) is 4.18. The van der Waals surface area contributed by atoms with Crippen molar-refractivity contribution in [2.24, 2.45) is 0 Å². The molecular weight excluding hydrogens is 229 g/mol. The zero-order chi connectivity index (χ0) is 13.0. The van der Waals surface area contributed by atoms with Crippen LogP contribution in [0.2, 0.25) is 0 Å². The molecule has 0 radical (unpaired) electrons. The maximum atomic E-state index is 13.0. The summed E-state index contributed by atoms with van der Waals surface area (Å²) in [6.45, 7) is 2.58. The first kappa shape index (κ1) is 12.4. The Labute approximate surface area is 106 Å². The van der Waals surface area contributed by atoms with Crippen LogP contribution in [-0.2, 0) is 6.42 Å². The summed E-state index contributed by atoms with van der Waals surface area (Å²) in [5.41, 5.74) is 8.16. The minimum absolute atomic E-state index is 0.200. The van der Waals surface area contributed by atoms with Gasteiger partial charge in [-0.3, -0.25) is 0 Å². The Bertz CT molecular complexity index is 540. The molecule has 4 heteroatoms. The van der Waals surface area contributed by atoms with Gasteiger partial charge in [-0.1, -0.05) is 12.1 Å². The molecule has 0 aliphatic carbocycles. The number of nitrogens with two attached hydrogens (primary N) is 1. The third-order valence-corrected chi connectivity index (χ3v) is 2.74. The van der Waals surface area contributed by atoms with Crippen molar-refractivity contribution in [3.63, 3.8) is 0 Å². The third kappa shape index (κ3) is 3.20. The first-order valence-corrected chi connectivity index (χ1v) is 5.86. The lowest BCUT2D eigenvalue weighted by Gasteiger charge is -2.07. The molecule has 0 bridgehead atoms. The van der Waals surface area contributed by atoms with Crippen molar-refractivity contribution in [2.75, 3.05) is 17.6 Å². The summed E-state index contributed by atoms with van der Waals surface area (Å²) in [4.78, 5) is 4.31. The largest absolute Gasteiger partial charge is 0.397 e. The van der Waals surface area contributed by atoms with Gasteiger partial charge >= 0.3 is 0 Å². The number of halogens is 1. The van der Waals surface area contributed by atoms with Crippen LogP contribution in [0.4, 0.5) is 15.9 Å². The Kier molecular flexibility index (Phi) is 3.77. The van der Waals surface area contributed by atoms with Gasteiger partial charge in [0.25, 0.3) is 0 Å². The van der Waals surface area contributed by atoms with E-state index >= 15 is 0 Å². The number of rotatable bonds is 4. The van der Waals surface area contributed by atoms with Crippen molar-refractivity contribution in [3.05, 3.63) is 53.5 Å². The van der Waals surface area contributed by atoms with Crippen molar-refractivity contribution in [1.29, 1.82) is 0 Å². The minimum atomic E-state index is -0.200. The number of nitrogen functional groups attached to an aromatic ring is 1. The predicted molar refractivity (Wildman–Crippen MR) is 72.0 cm³/mol. The van der Waals surface area contributed by atoms with Crippen molar-refractivity contribution in [3.8, 4) is 0 Å². The Morgan fingerprint density at radius 1 is 1.28 bits per heavy atom. The van der Waals surface area contributed by atoms with E-state index in [-0.39, 0.29) is 5.82 Å². The van der Waals surface area contributed by atoms with Crippen LogP contribution in [0.3, 0.4) is 0 Å². The summed E-state index contributed by atoms with van der Waals surface area (Å²) in [6, 6.07) is 10.3. The number of hydrogen-bond acceptors (Lipinski definition) is 3. The van der Waals surface area contributed by atoms with Gasteiger partial charge < -0.3 is 11.1 Å². The zero-order valence-corrected chi connectivity index (χ0v) is 10.3. The van der Waals surface area contributed by atoms with Crippen molar-refractivity contribution in [1.82, 2.24) is 4.98 Å². The molecule has 94 valence electrons. The van der Waals surface area contributed by atoms with Crippen LogP contribution >= 0.6 is 0 Å². The molecule has 2 aromatic rings. The Morgan fingerprint density at radius 3 is 2.83 bits per heavy atom. The molecule has 0 saturated carbocycles. The average molecular weight is 245 g/mol. The summed E-state index contributed by atoms with van der Waals surface area (Å²) in [6.07, 6.45) is 0.753. The van der Waals surface area contributed by atoms with Crippen molar-refractivity contribution >= 4 is 11.5 Å². The van der Waals surface area contributed by atoms with Gasteiger partial charge in [-0.05, 0) is 43.2 Å². The van der Waals surface area contributed by atoms with Gasteiger partial charge in [-0.15, -0.1) is 0 Å². The molecule has 0 aliphatic rings. The Morgan fingerprint density at radius 2 is 2.11 bits per heavy atom. The Hall–Kier alpha value is -2.10. The van der Waals surface area contributed by atoms with Gasteiger partial charge in [-0.2, -0.15) is 0 Å². The molecule has 1 heterocycles. The lowest BCUT2D eigenvalue weighted by atomic mass is 10.1. The fraction of sp³-hybridized carbons (Fsp3) is 0.214. The molecule has 0 aliphatic heterocycles. The molecule has 0 amide bonds. The van der Waals surface area contributed by atoms with Crippen LogP contribution in [-0.4, -0.2) is 11.5 Å². The highest BCUT2D eigenvalue weighted by atomic mass is 19.1. The number of aromatic nitrogens is 1. The van der Waals surface area contributed by atoms with E-state index in [1.807, 2.05) is 25.1 Å². The normalized spacial score (nSPS) is 10.3. The van der Waals surface area contributed by atoms with Gasteiger partial charge in [0.15, 0.2) is 0 Å². The van der Waals surface area contributed by atoms with Crippen LogP contribution in [0, 0.1) is 12.7 Å². The average Bonchev–Trinajstić information content (AvgIpc) is 2.34. The zero-order valence-electron chi connectivity index (χ0n) is 10.3. The van der Waals surface area contributed by atoms with Crippen molar-refractivity contribution < 1.29 is 4.39 Å². The van der Waals surface area contributed by atoms with E-state index < -0.39 is 0 Å². The fourth-order valence-electron chi connectivity index (χ4n) is 1.70. The molecule has 1 aromatic heterocycles. The molecule has 2 rings (SSSR count). The fourth-order valence-corrected chi connectivity index (χ4v) is 1.70. The summed E-state index contributed by atoms with van der Waals surface area (Å²) in [5, 5.41) is 3.19. The van der Waals surface area contributed by atoms with Crippen LogP contribution in [0.15, 0.2) is 36.4 Å². The standard InChI is InChI=1S/C14H16FN3/c1-10-13(16)5-6-14(18-10)17-8-7-11-3-2-4-12(15)9-11/h2-6,9H,7-8,16H2,1H3,(H,17,18). The van der Waals surface area contributed by atoms with Crippen LogP contribution in [0.5, 0.6) is 0 Å². The number of nitrogens with zero attached hydrogens (tertiary/aromatic N) is 1. The van der Waals surface area contributed by atoms with E-state index in [1.165, 1.54) is 6.07 Å². The SMILES string of the molecule is Cc1nc(NCCc2cccc(F)c2)ccc1N. The minimum Gasteiger partial charge on any atom is -0.397 e. The highest BCUT2D eigenvalue weighted by Gasteiger charge is 1.99. The maximum absolute atomic E-state index is 13.0. The van der Waals surface area contributed by atoms with Crippen LogP contribution in [0.25, 0.3) is 0 Å². The molecule has 0 spiro atoms. The summed E-state index contributed by atoms with van der Waals surface area (Å²) in [5.74, 6) is 0.590. The van der Waals surface area contributed by atoms with Gasteiger partial charge in [0.2, 0.25) is 0 Å². The molecule has 3 N–H and O–H groups in total. The molecule has 3 nitrogen and oxygen atoms in total. The first-order chi connectivity index (χ1) is 8.65. The van der Waals surface area contributed by atoms with Crippen LogP contribution in [0.1, 0.15) is 11.3 Å². The molecule has 0 fully saturated rings. The Balaban J connectivity index is 1.90. The van der Waals surface area contributed by atoms with Gasteiger partial charge in [-0.25, -0.2) is 9.37 Å². The summed E-state index contributed by atoms with van der Waals surface area (Å²) >= 11 is 0. The maximum Gasteiger partial charge on any atom is 0.126 e. The lowest BCUT2D eigenvalue weighted by molar-refractivity contribution is 0.625. The second-order valence-electron chi connectivity index (χ2n) is 4.18. The number of pyridine rings is 1. The van der Waals surface area contributed by atoms with E-state index in [9.17, 15) is 4.39 Å². The second kappa shape index (κ2) is 5.49. The molecule has 0 saturated heterocycles. The van der Waals surface area contributed by atoms with E-state index in [0.717, 1.165) is 23.5 Å². The number of aryl methyl sites for hydroxylation is 1. The number of benzene rings is 1. The number of nitrogens with one attached hydrogen (secondary N) is 1. The summed E-state index contributed by atoms with van der Waals surface area (Å²) in [7, 11) is 0. The smallest absolute Gasteiger partial charge is 0.126 e. The first-order valence-electron chi connectivity index (χ1n) is 5.86. The molecule has 1 aromatic carbocycles. The quantitative estimate of drug-likeness (QED) is 0.870. The van der Waals surface area contributed by atoms with E-state index in [1.54, 1.807) is 12.1 Å². The number of anilines is 2. The molecule has 18 heavy (non-hydrogen) atoms. The lowest BCUT2D eigenvalue weighted by Crippen LogP contribution is -2.07.